The third-order valence-corrected chi connectivity index (χ3v) is 5.70. The van der Waals surface area contributed by atoms with Crippen LogP contribution in [0.1, 0.15) is 54.2 Å². The van der Waals surface area contributed by atoms with Crippen LogP contribution < -0.4 is 10.7 Å². The van der Waals surface area contributed by atoms with Gasteiger partial charge < -0.3 is 9.88 Å². The Kier molecular flexibility index (Phi) is 4.42. The first-order valence-electron chi connectivity index (χ1n) is 9.13. The number of nitrogens with one attached hydrogen (secondary N) is 1. The topological polar surface area (TPSA) is 51.1 Å². The van der Waals surface area contributed by atoms with Crippen molar-refractivity contribution in [3.63, 3.8) is 0 Å². The van der Waals surface area contributed by atoms with Gasteiger partial charge in [-0.15, -0.1) is 0 Å². The molecule has 0 saturated heterocycles. The number of nitrogens with zero attached hydrogens (tertiary/aromatic N) is 1. The molecule has 138 valence electrons. The normalized spacial score (nSPS) is 15.5. The molecule has 1 amide bonds. The van der Waals surface area contributed by atoms with Crippen LogP contribution in [0.4, 0.5) is 5.69 Å². The van der Waals surface area contributed by atoms with E-state index >= 15 is 0 Å². The number of benzene rings is 2. The van der Waals surface area contributed by atoms with E-state index in [2.05, 4.69) is 52.7 Å². The fourth-order valence-corrected chi connectivity index (χ4v) is 4.28. The number of carbonyl (C=O) groups is 1. The number of pyridine rings is 1. The molecule has 1 aliphatic heterocycles. The molecule has 0 spiro atoms. The molecule has 1 unspecified atom stereocenters. The molecule has 1 aliphatic rings. The molecule has 4 nitrogen and oxygen atoms in total. The fraction of sp³-hybridized carbons (Fsp3) is 0.273. The maximum absolute atomic E-state index is 13.0. The standard InChI is InChI=1S/C22H21BrN2O2/c1-12(2)14-4-6-17(7-5-14)24-22(27)19-11-25-13(3)8-15-9-16(23)10-18(20(15)25)21(19)26/h4-7,9-13H,8H2,1-3H3,(H,24,27). The average Bonchev–Trinajstić information content (AvgIpc) is 2.93. The van der Waals surface area contributed by atoms with Crippen molar-refractivity contribution in [1.29, 1.82) is 0 Å². The Morgan fingerprint density at radius 3 is 2.59 bits per heavy atom. The summed E-state index contributed by atoms with van der Waals surface area (Å²) in [4.78, 5) is 25.8. The molecule has 0 radical (unpaired) electrons. The van der Waals surface area contributed by atoms with Crippen LogP contribution in [0.2, 0.25) is 0 Å². The zero-order chi connectivity index (χ0) is 19.3. The van der Waals surface area contributed by atoms with E-state index in [1.54, 1.807) is 6.20 Å². The number of halogens is 1. The lowest BCUT2D eigenvalue weighted by Crippen LogP contribution is -2.23. The van der Waals surface area contributed by atoms with Crippen molar-refractivity contribution in [2.75, 3.05) is 5.32 Å². The lowest BCUT2D eigenvalue weighted by atomic mass is 10.0. The maximum Gasteiger partial charge on any atom is 0.261 e. The summed E-state index contributed by atoms with van der Waals surface area (Å²) in [5, 5.41) is 3.45. The van der Waals surface area contributed by atoms with E-state index in [0.29, 0.717) is 17.0 Å². The predicted octanol–water partition coefficient (Wildman–Crippen LogP) is 5.26. The van der Waals surface area contributed by atoms with Gasteiger partial charge >= 0.3 is 0 Å². The summed E-state index contributed by atoms with van der Waals surface area (Å²) in [7, 11) is 0. The Bertz CT molecular complexity index is 1110. The summed E-state index contributed by atoms with van der Waals surface area (Å²) in [5.74, 6) is 0.0572. The number of amides is 1. The Morgan fingerprint density at radius 1 is 1.22 bits per heavy atom. The van der Waals surface area contributed by atoms with Gasteiger partial charge in [0.1, 0.15) is 5.56 Å². The fourth-order valence-electron chi connectivity index (χ4n) is 3.77. The average molecular weight is 425 g/mol. The number of carbonyl (C=O) groups excluding carboxylic acids is 1. The third kappa shape index (κ3) is 3.10. The van der Waals surface area contributed by atoms with Gasteiger partial charge in [-0.3, -0.25) is 9.59 Å². The molecule has 2 heterocycles. The maximum atomic E-state index is 13.0. The lowest BCUT2D eigenvalue weighted by Gasteiger charge is -2.13. The first kappa shape index (κ1) is 18.0. The van der Waals surface area contributed by atoms with E-state index in [4.69, 9.17) is 0 Å². The van der Waals surface area contributed by atoms with Crippen LogP contribution in [-0.2, 0) is 6.42 Å². The highest BCUT2D eigenvalue weighted by atomic mass is 79.9. The Balaban J connectivity index is 1.75. The smallest absolute Gasteiger partial charge is 0.261 e. The summed E-state index contributed by atoms with van der Waals surface area (Å²) >= 11 is 3.49. The van der Waals surface area contributed by atoms with E-state index in [9.17, 15) is 9.59 Å². The van der Waals surface area contributed by atoms with Gasteiger partial charge in [0, 0.05) is 27.8 Å². The second-order valence-electron chi connectivity index (χ2n) is 7.52. The number of aromatic nitrogens is 1. The van der Waals surface area contributed by atoms with E-state index in [-0.39, 0.29) is 22.9 Å². The van der Waals surface area contributed by atoms with Crippen molar-refractivity contribution in [3.8, 4) is 0 Å². The molecule has 2 aromatic carbocycles. The quantitative estimate of drug-likeness (QED) is 0.623. The zero-order valence-corrected chi connectivity index (χ0v) is 17.1. The SMILES string of the molecule is CC(C)c1ccc(NC(=O)c2cn3c4c(cc(Br)cc4c2=O)CC3C)cc1. The van der Waals surface area contributed by atoms with Crippen molar-refractivity contribution < 1.29 is 4.79 Å². The van der Waals surface area contributed by atoms with Crippen molar-refractivity contribution >= 4 is 38.4 Å². The minimum absolute atomic E-state index is 0.174. The molecule has 0 bridgehead atoms. The molecule has 0 aliphatic carbocycles. The summed E-state index contributed by atoms with van der Waals surface area (Å²) < 4.78 is 2.92. The number of hydrogen-bond acceptors (Lipinski definition) is 2. The molecule has 0 fully saturated rings. The van der Waals surface area contributed by atoms with E-state index in [1.807, 2.05) is 30.3 Å². The Labute approximate surface area is 166 Å². The first-order chi connectivity index (χ1) is 12.8. The monoisotopic (exact) mass is 424 g/mol. The van der Waals surface area contributed by atoms with Gasteiger partial charge in [-0.05, 0) is 54.7 Å². The van der Waals surface area contributed by atoms with Crippen molar-refractivity contribution in [2.45, 2.75) is 39.2 Å². The number of hydrogen-bond donors (Lipinski definition) is 1. The molecule has 5 heteroatoms. The van der Waals surface area contributed by atoms with Crippen molar-refractivity contribution in [2.24, 2.45) is 0 Å². The minimum Gasteiger partial charge on any atom is -0.343 e. The van der Waals surface area contributed by atoms with E-state index < -0.39 is 0 Å². The van der Waals surface area contributed by atoms with Gasteiger partial charge in [-0.1, -0.05) is 41.9 Å². The van der Waals surface area contributed by atoms with Gasteiger partial charge in [0.25, 0.3) is 5.91 Å². The molecule has 3 aromatic rings. The largest absolute Gasteiger partial charge is 0.343 e. The van der Waals surface area contributed by atoms with Crippen LogP contribution in [0.25, 0.3) is 10.9 Å². The second kappa shape index (κ2) is 6.64. The van der Waals surface area contributed by atoms with Gasteiger partial charge in [0.05, 0.1) is 5.52 Å². The molecule has 4 rings (SSSR count). The van der Waals surface area contributed by atoms with Crippen LogP contribution in [0, 0.1) is 0 Å². The molecular formula is C22H21BrN2O2. The van der Waals surface area contributed by atoms with Crippen LogP contribution >= 0.6 is 15.9 Å². The Hall–Kier alpha value is -2.40. The van der Waals surface area contributed by atoms with Crippen LogP contribution in [-0.4, -0.2) is 10.5 Å². The zero-order valence-electron chi connectivity index (χ0n) is 15.5. The van der Waals surface area contributed by atoms with E-state index in [1.165, 1.54) is 5.56 Å². The molecule has 1 atom stereocenters. The third-order valence-electron chi connectivity index (χ3n) is 5.24. The van der Waals surface area contributed by atoms with Gasteiger partial charge in [0.2, 0.25) is 5.43 Å². The highest BCUT2D eigenvalue weighted by Gasteiger charge is 2.25. The molecular weight excluding hydrogens is 404 g/mol. The van der Waals surface area contributed by atoms with E-state index in [0.717, 1.165) is 22.0 Å². The van der Waals surface area contributed by atoms with Gasteiger partial charge in [0.15, 0.2) is 0 Å². The van der Waals surface area contributed by atoms with Crippen LogP contribution in [0.15, 0.2) is 51.9 Å². The summed E-state index contributed by atoms with van der Waals surface area (Å²) in [5.41, 5.74) is 3.92. The predicted molar refractivity (Wildman–Crippen MR) is 113 cm³/mol. The van der Waals surface area contributed by atoms with Crippen LogP contribution in [0.5, 0.6) is 0 Å². The van der Waals surface area contributed by atoms with Crippen molar-refractivity contribution in [1.82, 2.24) is 4.57 Å². The molecule has 1 aromatic heterocycles. The summed E-state index contributed by atoms with van der Waals surface area (Å²) in [6, 6.07) is 11.8. The number of anilines is 1. The highest BCUT2D eigenvalue weighted by molar-refractivity contribution is 9.10. The minimum atomic E-state index is -0.372. The highest BCUT2D eigenvalue weighted by Crippen LogP contribution is 2.33. The molecule has 27 heavy (non-hydrogen) atoms. The van der Waals surface area contributed by atoms with Crippen LogP contribution in [0.3, 0.4) is 0 Å². The first-order valence-corrected chi connectivity index (χ1v) is 9.93. The Morgan fingerprint density at radius 2 is 1.93 bits per heavy atom. The molecule has 1 N–H and O–H groups in total. The number of rotatable bonds is 3. The second-order valence-corrected chi connectivity index (χ2v) is 8.44. The van der Waals surface area contributed by atoms with Gasteiger partial charge in [-0.25, -0.2) is 0 Å². The van der Waals surface area contributed by atoms with Gasteiger partial charge in [-0.2, -0.15) is 0 Å². The lowest BCUT2D eigenvalue weighted by molar-refractivity contribution is 0.102. The van der Waals surface area contributed by atoms with Crippen molar-refractivity contribution in [3.05, 3.63) is 74.0 Å². The summed E-state index contributed by atoms with van der Waals surface area (Å²) in [6.45, 7) is 6.35. The molecule has 0 saturated carbocycles. The summed E-state index contributed by atoms with van der Waals surface area (Å²) in [6.07, 6.45) is 2.56.